The molecule has 4 aromatic carbocycles. The van der Waals surface area contributed by atoms with Crippen LogP contribution < -0.4 is 5.32 Å². The minimum absolute atomic E-state index is 0. The standard InChI is InChI=1S/C22H19FN6.C21H18FN7.C15H17FN2.C14H14ClFN2.C8H5ClN4.2ClH/c1-13-12-29-22(25-13)16(11-24)9-20(28-29)15-7-18(23)17-10-19(26-27-21(17)8-15)14-5-3-2-4-6-14;1-12-11-29-21(25-12)15(10-23)8-19(28-29)14-6-17(22)16-9-18(26-27-20(16)7-14)13-2-4-24-5-3-13;1-10-7-13(16)12-9-14(17-18-15(12)8-10)11-5-3-2-4-6-11;15-10-6-12(16)11-8-13(17-18-14(11)7-10)9-4-2-1-3-5-9;1-5-4-13-8(11-5)6(3-10)2-7(9)12-13;;/h7-10,12,14H,2-6H2,1H3;6-9,11,13,24H,2-5H2,1H3;7-9,11H,2-6H2,1H3;6-9H,1-5H2;2,4H,1H3;2*1H. The summed E-state index contributed by atoms with van der Waals surface area (Å²) in [5.41, 5.74) is 13.8. The van der Waals surface area contributed by atoms with Crippen molar-refractivity contribution in [3.8, 4) is 40.7 Å². The molecule has 3 aliphatic carbocycles. The molecule has 0 amide bonds. The quantitative estimate of drug-likeness (QED) is 0.151. The molecule has 1 saturated heterocycles. The van der Waals surface area contributed by atoms with Gasteiger partial charge in [-0.1, -0.05) is 81.0 Å². The fourth-order valence-corrected chi connectivity index (χ4v) is 15.1. The molecule has 10 aromatic heterocycles. The summed E-state index contributed by atoms with van der Waals surface area (Å²) >= 11 is 11.5. The normalized spacial score (nSPS) is 14.9. The van der Waals surface area contributed by atoms with Crippen LogP contribution in [0.4, 0.5) is 17.6 Å². The molecule has 18 rings (SSSR count). The van der Waals surface area contributed by atoms with Gasteiger partial charge in [0.05, 0.1) is 109 Å². The molecule has 1 N–H and O–H groups in total. The van der Waals surface area contributed by atoms with Gasteiger partial charge < -0.3 is 5.32 Å². The molecule has 109 heavy (non-hydrogen) atoms. The number of fused-ring (bicyclic) bond motifs is 7. The van der Waals surface area contributed by atoms with Gasteiger partial charge in [0, 0.05) is 61.4 Å². The highest BCUT2D eigenvalue weighted by molar-refractivity contribution is 6.31. The van der Waals surface area contributed by atoms with E-state index in [4.69, 9.17) is 28.5 Å². The van der Waals surface area contributed by atoms with Crippen molar-refractivity contribution in [2.24, 2.45) is 0 Å². The van der Waals surface area contributed by atoms with Crippen molar-refractivity contribution >= 4 is 109 Å². The van der Waals surface area contributed by atoms with Crippen molar-refractivity contribution < 1.29 is 17.6 Å². The number of imidazole rings is 3. The summed E-state index contributed by atoms with van der Waals surface area (Å²) in [5, 5.41) is 80.9. The molecule has 11 heterocycles. The summed E-state index contributed by atoms with van der Waals surface area (Å²) in [4.78, 5) is 12.8. The van der Waals surface area contributed by atoms with Crippen LogP contribution in [0, 0.1) is 85.0 Å². The Bertz CT molecular complexity index is 5520. The Morgan fingerprint density at radius 2 is 0.706 bits per heavy atom. The van der Waals surface area contributed by atoms with Crippen LogP contribution >= 0.6 is 48.0 Å². The van der Waals surface area contributed by atoms with Crippen molar-refractivity contribution in [1.82, 2.24) is 89.9 Å². The van der Waals surface area contributed by atoms with Gasteiger partial charge in [-0.2, -0.15) is 71.9 Å². The first-order valence-corrected chi connectivity index (χ1v) is 36.9. The molecule has 1 aliphatic heterocycles. The molecule has 14 aromatic rings. The number of nitrogens with zero attached hydrogens (tertiary/aromatic N) is 20. The van der Waals surface area contributed by atoms with E-state index >= 15 is 4.39 Å². The van der Waals surface area contributed by atoms with Crippen LogP contribution in [-0.2, 0) is 0 Å². The molecule has 29 heteroatoms. The molecule has 3 saturated carbocycles. The van der Waals surface area contributed by atoms with Crippen LogP contribution in [-0.4, -0.2) is 97.7 Å². The molecule has 4 aliphatic rings. The van der Waals surface area contributed by atoms with E-state index in [1.165, 1.54) is 86.6 Å². The smallest absolute Gasteiger partial charge is 0.171 e. The van der Waals surface area contributed by atoms with Gasteiger partial charge in [-0.25, -0.2) is 46.1 Å². The lowest BCUT2D eigenvalue weighted by molar-refractivity contribution is 0.434. The highest BCUT2D eigenvalue weighted by Gasteiger charge is 2.25. The zero-order valence-corrected chi connectivity index (χ0v) is 63.3. The van der Waals surface area contributed by atoms with E-state index in [9.17, 15) is 23.7 Å². The molecule has 556 valence electrons. The Morgan fingerprint density at radius 3 is 1.09 bits per heavy atom. The molecule has 4 fully saturated rings. The maximum Gasteiger partial charge on any atom is 0.171 e. The number of piperidine rings is 1. The van der Waals surface area contributed by atoms with Gasteiger partial charge in [0.2, 0.25) is 0 Å². The number of hydrogen-bond acceptors (Lipinski definition) is 18. The molecular formula is C80H75Cl4F4N21. The topological polar surface area (TPSA) is 277 Å². The third kappa shape index (κ3) is 17.8. The Morgan fingerprint density at radius 1 is 0.376 bits per heavy atom. The summed E-state index contributed by atoms with van der Waals surface area (Å²) in [6, 6.07) is 31.3. The molecule has 0 radical (unpaired) electrons. The fourth-order valence-electron chi connectivity index (χ4n) is 14.7. The molecule has 0 bridgehead atoms. The van der Waals surface area contributed by atoms with Crippen molar-refractivity contribution in [2.45, 2.75) is 161 Å². The summed E-state index contributed by atoms with van der Waals surface area (Å²) in [7, 11) is 0. The van der Waals surface area contributed by atoms with Gasteiger partial charge in [-0.05, 0) is 189 Å². The maximum atomic E-state index is 15.0. The van der Waals surface area contributed by atoms with Gasteiger partial charge in [0.1, 0.15) is 41.5 Å². The van der Waals surface area contributed by atoms with Gasteiger partial charge >= 0.3 is 0 Å². The van der Waals surface area contributed by atoms with Crippen molar-refractivity contribution in [3.63, 3.8) is 0 Å². The van der Waals surface area contributed by atoms with Crippen LogP contribution in [0.2, 0.25) is 10.2 Å². The average molecular weight is 1550 g/mol. The number of nitrogens with one attached hydrogen (secondary N) is 1. The van der Waals surface area contributed by atoms with Crippen molar-refractivity contribution in [3.05, 3.63) is 205 Å². The Hall–Kier alpha value is -10.6. The summed E-state index contributed by atoms with van der Waals surface area (Å²) in [6.45, 7) is 9.26. The van der Waals surface area contributed by atoms with E-state index < -0.39 is 0 Å². The molecule has 0 atom stereocenters. The maximum absolute atomic E-state index is 15.0. The number of nitriles is 3. The minimum Gasteiger partial charge on any atom is -0.317 e. The second-order valence-corrected chi connectivity index (χ2v) is 28.8. The van der Waals surface area contributed by atoms with Gasteiger partial charge in [0.25, 0.3) is 0 Å². The monoisotopic (exact) mass is 1550 g/mol. The first kappa shape index (κ1) is 78.0. The Balaban J connectivity index is 0.000000130. The highest BCUT2D eigenvalue weighted by atomic mass is 35.5. The number of aryl methyl sites for hydroxylation is 4. The highest BCUT2D eigenvalue weighted by Crippen LogP contribution is 2.38. The lowest BCUT2D eigenvalue weighted by Crippen LogP contribution is -2.27. The largest absolute Gasteiger partial charge is 0.317 e. The predicted molar refractivity (Wildman–Crippen MR) is 415 cm³/mol. The summed E-state index contributed by atoms with van der Waals surface area (Å²) in [6.07, 6.45) is 25.1. The van der Waals surface area contributed by atoms with E-state index in [0.717, 1.165) is 110 Å². The van der Waals surface area contributed by atoms with Crippen LogP contribution in [0.15, 0.2) is 110 Å². The van der Waals surface area contributed by atoms with Gasteiger partial charge in [-0.15, -0.1) is 24.8 Å². The summed E-state index contributed by atoms with van der Waals surface area (Å²) in [5.74, 6) is 0.352. The predicted octanol–water partition coefficient (Wildman–Crippen LogP) is 18.8. The zero-order chi connectivity index (χ0) is 74.4. The van der Waals surface area contributed by atoms with E-state index in [2.05, 4.69) is 88.5 Å². The molecule has 0 spiro atoms. The van der Waals surface area contributed by atoms with Crippen molar-refractivity contribution in [2.75, 3.05) is 13.1 Å². The molecule has 0 unspecified atom stereocenters. The third-order valence-electron chi connectivity index (χ3n) is 20.2. The number of benzene rings is 4. The second-order valence-electron chi connectivity index (χ2n) is 27.9. The van der Waals surface area contributed by atoms with Crippen LogP contribution in [0.5, 0.6) is 0 Å². The number of aromatic nitrogens is 17. The molecule has 21 nitrogen and oxygen atoms in total. The Kier molecular flexibility index (Phi) is 24.9. The molecular weight excluding hydrogens is 1470 g/mol. The summed E-state index contributed by atoms with van der Waals surface area (Å²) < 4.78 is 62.4. The fraction of sp³-hybridized carbons (Fsp3) is 0.338. The third-order valence-corrected chi connectivity index (χ3v) is 20.6. The number of rotatable bonds is 6. The number of halogens is 8. The van der Waals surface area contributed by atoms with E-state index in [1.807, 2.05) is 64.1 Å². The first-order chi connectivity index (χ1) is 51.9. The van der Waals surface area contributed by atoms with Gasteiger partial charge in [0.15, 0.2) is 22.1 Å². The lowest BCUT2D eigenvalue weighted by Gasteiger charge is -2.21. The minimum atomic E-state index is -0.371. The van der Waals surface area contributed by atoms with Crippen LogP contribution in [0.3, 0.4) is 0 Å². The second kappa shape index (κ2) is 34.8. The number of hydrogen-bond donors (Lipinski definition) is 1. The van der Waals surface area contributed by atoms with E-state index in [1.54, 1.807) is 64.0 Å². The first-order valence-electron chi connectivity index (χ1n) is 36.1. The van der Waals surface area contributed by atoms with E-state index in [-0.39, 0.29) is 48.1 Å². The SMILES string of the molecule is Cc1cc(F)c2cc(C3CCCCC3)nnc2c1.Cc1cn2nc(-c3cc(F)c4cc(C5CCCCC5)nnc4c3)cc(C#N)c2n1.Cc1cn2nc(-c3cc(F)c4cc(C5CCNCC5)nnc4c3)cc(C#N)c2n1.Cc1cn2nc(Cl)cc(C#N)c2n1.Cl.Cl.Fc1cc(Cl)cc2nnc(C3CCCCC3)cc12. The lowest BCUT2D eigenvalue weighted by atomic mass is 9.86. The average Bonchev–Trinajstić information content (AvgIpc) is 1.71. The van der Waals surface area contributed by atoms with Crippen LogP contribution in [0.25, 0.3) is 83.1 Å². The van der Waals surface area contributed by atoms with Crippen molar-refractivity contribution in [1.29, 1.82) is 15.8 Å². The van der Waals surface area contributed by atoms with E-state index in [0.29, 0.717) is 134 Å². The van der Waals surface area contributed by atoms with Gasteiger partial charge in [-0.3, -0.25) is 0 Å². The van der Waals surface area contributed by atoms with Crippen LogP contribution in [0.1, 0.15) is 195 Å². The Labute approximate surface area is 647 Å². The zero-order valence-electron chi connectivity index (χ0n) is 60.2.